The number of nitrogens with two attached hydrogens (primary N) is 1. The molecule has 0 atom stereocenters. The highest BCUT2D eigenvalue weighted by Crippen LogP contribution is 2.44. The van der Waals surface area contributed by atoms with Crippen molar-refractivity contribution >= 4 is 21.6 Å². The van der Waals surface area contributed by atoms with Gasteiger partial charge in [-0.2, -0.15) is 0 Å². The van der Waals surface area contributed by atoms with E-state index < -0.39 is 15.9 Å². The van der Waals surface area contributed by atoms with Crippen molar-refractivity contribution in [2.45, 2.75) is 24.7 Å². The van der Waals surface area contributed by atoms with E-state index in [0.29, 0.717) is 17.2 Å². The van der Waals surface area contributed by atoms with Crippen LogP contribution in [-0.4, -0.2) is 14.3 Å². The molecule has 3 aromatic carbocycles. The summed E-state index contributed by atoms with van der Waals surface area (Å²) in [5.74, 6) is 0.381. The van der Waals surface area contributed by atoms with Crippen LogP contribution in [0.5, 0.6) is 11.5 Å². The van der Waals surface area contributed by atoms with Crippen molar-refractivity contribution in [3.8, 4) is 11.5 Å². The highest BCUT2D eigenvalue weighted by Gasteiger charge is 2.32. The fourth-order valence-electron chi connectivity index (χ4n) is 3.52. The number of amides is 1. The normalized spacial score (nSPS) is 13.2. The van der Waals surface area contributed by atoms with E-state index in [1.54, 1.807) is 6.92 Å². The Bertz CT molecular complexity index is 1190. The zero-order valence-corrected chi connectivity index (χ0v) is 16.8. The molecule has 0 fully saturated rings. The third kappa shape index (κ3) is 3.50. The van der Waals surface area contributed by atoms with Crippen LogP contribution in [0.3, 0.4) is 0 Å². The summed E-state index contributed by atoms with van der Waals surface area (Å²) in [6.45, 7) is 3.60. The second kappa shape index (κ2) is 7.02. The number of nitrogens with one attached hydrogen (secondary N) is 1. The lowest BCUT2D eigenvalue weighted by molar-refractivity contribution is -0.116. The van der Waals surface area contributed by atoms with Gasteiger partial charge < -0.3 is 10.1 Å². The minimum atomic E-state index is -3.89. The molecule has 7 heteroatoms. The molecule has 0 saturated heterocycles. The summed E-state index contributed by atoms with van der Waals surface area (Å²) < 4.78 is 29.6. The second-order valence-electron chi connectivity index (χ2n) is 7.06. The number of rotatable bonds is 3. The van der Waals surface area contributed by atoms with Gasteiger partial charge >= 0.3 is 0 Å². The number of primary sulfonamides is 1. The molecule has 1 aliphatic heterocycles. The molecule has 4 rings (SSSR count). The van der Waals surface area contributed by atoms with E-state index in [-0.39, 0.29) is 10.8 Å². The fourth-order valence-corrected chi connectivity index (χ4v) is 4.14. The van der Waals surface area contributed by atoms with Crippen LogP contribution in [0.1, 0.15) is 28.2 Å². The van der Waals surface area contributed by atoms with Gasteiger partial charge in [0.25, 0.3) is 0 Å². The molecule has 0 bridgehead atoms. The lowest BCUT2D eigenvalue weighted by Gasteiger charge is -2.27. The van der Waals surface area contributed by atoms with Crippen LogP contribution in [0.15, 0.2) is 65.6 Å². The number of hydrogen-bond donors (Lipinski definition) is 2. The maximum Gasteiger partial charge on any atom is 0.238 e. The van der Waals surface area contributed by atoms with Crippen LogP contribution in [0, 0.1) is 13.8 Å². The maximum absolute atomic E-state index is 13.4. The Kier molecular flexibility index (Phi) is 4.64. The van der Waals surface area contributed by atoms with Gasteiger partial charge in [-0.3, -0.25) is 4.79 Å². The molecule has 0 aliphatic carbocycles. The van der Waals surface area contributed by atoms with Crippen LogP contribution < -0.4 is 15.2 Å². The molecule has 148 valence electrons. The van der Waals surface area contributed by atoms with Crippen molar-refractivity contribution in [2.75, 3.05) is 5.32 Å². The first kappa shape index (κ1) is 19.2. The van der Waals surface area contributed by atoms with Gasteiger partial charge in [0.05, 0.1) is 10.8 Å². The Morgan fingerprint density at radius 3 is 2.07 bits per heavy atom. The highest BCUT2D eigenvalue weighted by molar-refractivity contribution is 7.89. The molecule has 0 radical (unpaired) electrons. The van der Waals surface area contributed by atoms with Gasteiger partial charge in [0, 0.05) is 16.8 Å². The van der Waals surface area contributed by atoms with E-state index in [2.05, 4.69) is 5.32 Å². The molecule has 0 spiro atoms. The van der Waals surface area contributed by atoms with E-state index in [0.717, 1.165) is 22.3 Å². The average Bonchev–Trinajstić information content (AvgIpc) is 2.68. The third-order valence-corrected chi connectivity index (χ3v) is 6.06. The first-order valence-corrected chi connectivity index (χ1v) is 10.6. The van der Waals surface area contributed by atoms with E-state index >= 15 is 0 Å². The highest BCUT2D eigenvalue weighted by atomic mass is 32.2. The Hall–Kier alpha value is -3.16. The Labute approximate surface area is 169 Å². The summed E-state index contributed by atoms with van der Waals surface area (Å²) in [6.07, 6.45) is 0. The number of benzene rings is 3. The Morgan fingerprint density at radius 2 is 1.52 bits per heavy atom. The molecule has 29 heavy (non-hydrogen) atoms. The van der Waals surface area contributed by atoms with Crippen molar-refractivity contribution in [1.29, 1.82) is 0 Å². The maximum atomic E-state index is 13.4. The summed E-state index contributed by atoms with van der Waals surface area (Å²) in [7, 11) is -3.89. The fraction of sp³-hybridized carbons (Fsp3) is 0.136. The first-order chi connectivity index (χ1) is 13.8. The van der Waals surface area contributed by atoms with E-state index in [1.807, 2.05) is 55.5 Å². The van der Waals surface area contributed by atoms with Crippen LogP contribution in [0.4, 0.5) is 5.69 Å². The smallest absolute Gasteiger partial charge is 0.238 e. The van der Waals surface area contributed by atoms with Gasteiger partial charge in [-0.15, -0.1) is 0 Å². The number of para-hydroxylation sites is 2. The van der Waals surface area contributed by atoms with Gasteiger partial charge in [0.2, 0.25) is 15.9 Å². The SMILES string of the molecule is Cc1cc(S(N)(=O)=O)cc(NC(=O)C2c3ccccc3Oc3ccccc32)c1C. The molecule has 6 nitrogen and oxygen atoms in total. The van der Waals surface area contributed by atoms with Crippen molar-refractivity contribution in [2.24, 2.45) is 5.14 Å². The first-order valence-electron chi connectivity index (χ1n) is 9.06. The zero-order chi connectivity index (χ0) is 20.8. The number of anilines is 1. The lowest BCUT2D eigenvalue weighted by atomic mass is 9.87. The van der Waals surface area contributed by atoms with Crippen molar-refractivity contribution in [3.63, 3.8) is 0 Å². The summed E-state index contributed by atoms with van der Waals surface area (Å²) in [4.78, 5) is 13.3. The monoisotopic (exact) mass is 408 g/mol. The zero-order valence-electron chi connectivity index (χ0n) is 16.0. The summed E-state index contributed by atoms with van der Waals surface area (Å²) in [6, 6.07) is 17.7. The largest absolute Gasteiger partial charge is 0.457 e. The summed E-state index contributed by atoms with van der Waals surface area (Å²) >= 11 is 0. The quantitative estimate of drug-likeness (QED) is 0.688. The van der Waals surface area contributed by atoms with Crippen molar-refractivity contribution < 1.29 is 17.9 Å². The number of ether oxygens (including phenoxy) is 1. The molecule has 3 aromatic rings. The van der Waals surface area contributed by atoms with Crippen LogP contribution in [0.25, 0.3) is 0 Å². The number of fused-ring (bicyclic) bond motifs is 2. The number of aryl methyl sites for hydroxylation is 1. The van der Waals surface area contributed by atoms with E-state index in [4.69, 9.17) is 9.88 Å². The van der Waals surface area contributed by atoms with E-state index in [9.17, 15) is 13.2 Å². The number of hydrogen-bond acceptors (Lipinski definition) is 4. The van der Waals surface area contributed by atoms with Crippen LogP contribution >= 0.6 is 0 Å². The van der Waals surface area contributed by atoms with Gasteiger partial charge in [0.1, 0.15) is 11.5 Å². The van der Waals surface area contributed by atoms with Gasteiger partial charge in [-0.1, -0.05) is 36.4 Å². The van der Waals surface area contributed by atoms with Crippen LogP contribution in [-0.2, 0) is 14.8 Å². The second-order valence-corrected chi connectivity index (χ2v) is 8.62. The van der Waals surface area contributed by atoms with Crippen LogP contribution in [0.2, 0.25) is 0 Å². The minimum Gasteiger partial charge on any atom is -0.457 e. The molecule has 1 amide bonds. The predicted octanol–water partition coefficient (Wildman–Crippen LogP) is 3.83. The number of carbonyl (C=O) groups is 1. The van der Waals surface area contributed by atoms with Crippen molar-refractivity contribution in [3.05, 3.63) is 82.9 Å². The molecule has 0 saturated carbocycles. The third-order valence-electron chi connectivity index (χ3n) is 5.17. The Balaban J connectivity index is 1.78. The summed E-state index contributed by atoms with van der Waals surface area (Å²) in [5, 5.41) is 8.19. The van der Waals surface area contributed by atoms with Crippen molar-refractivity contribution in [1.82, 2.24) is 0 Å². The molecule has 1 aliphatic rings. The topological polar surface area (TPSA) is 98.5 Å². The molecule has 0 unspecified atom stereocenters. The molecule has 3 N–H and O–H groups in total. The van der Waals surface area contributed by atoms with E-state index in [1.165, 1.54) is 12.1 Å². The average molecular weight is 408 g/mol. The summed E-state index contributed by atoms with van der Waals surface area (Å²) in [5.41, 5.74) is 3.42. The number of sulfonamides is 1. The molecule has 1 heterocycles. The number of carbonyl (C=O) groups excluding carboxylic acids is 1. The Morgan fingerprint density at radius 1 is 0.966 bits per heavy atom. The molecular weight excluding hydrogens is 388 g/mol. The lowest BCUT2D eigenvalue weighted by Crippen LogP contribution is -2.25. The molecule has 0 aromatic heterocycles. The van der Waals surface area contributed by atoms with Gasteiger partial charge in [0.15, 0.2) is 0 Å². The van der Waals surface area contributed by atoms with Gasteiger partial charge in [-0.25, -0.2) is 13.6 Å². The minimum absolute atomic E-state index is 0.0383. The predicted molar refractivity (Wildman–Crippen MR) is 111 cm³/mol. The standard InChI is InChI=1S/C22H20N2O4S/c1-13-11-15(29(23,26)27)12-18(14(13)2)24-22(25)21-16-7-3-5-9-19(16)28-20-10-6-4-8-17(20)21/h3-12,21H,1-2H3,(H,24,25)(H2,23,26,27). The molecular formula is C22H20N2O4S. The van der Waals surface area contributed by atoms with Gasteiger partial charge in [-0.05, 0) is 49.2 Å².